The molecule has 2 fully saturated rings. The van der Waals surface area contributed by atoms with Crippen molar-refractivity contribution < 1.29 is 19.1 Å². The minimum absolute atomic E-state index is 0.0242. The Morgan fingerprint density at radius 1 is 1.25 bits per heavy atom. The van der Waals surface area contributed by atoms with Gasteiger partial charge < -0.3 is 19.3 Å². The van der Waals surface area contributed by atoms with Gasteiger partial charge in [0.1, 0.15) is 11.4 Å². The number of hydrogen-bond acceptors (Lipinski definition) is 5. The molecule has 0 spiro atoms. The molecule has 2 aliphatic heterocycles. The Bertz CT molecular complexity index is 636. The quantitative estimate of drug-likeness (QED) is 0.788. The lowest BCUT2D eigenvalue weighted by Crippen LogP contribution is -2.52. The summed E-state index contributed by atoms with van der Waals surface area (Å²) < 4.78 is 10.5. The average Bonchev–Trinajstić information content (AvgIpc) is 2.86. The Morgan fingerprint density at radius 3 is 2.54 bits per heavy atom. The third-order valence-electron chi connectivity index (χ3n) is 4.89. The maximum absolute atomic E-state index is 12.8. The van der Waals surface area contributed by atoms with Gasteiger partial charge in [0, 0.05) is 37.9 Å². The van der Waals surface area contributed by atoms with Gasteiger partial charge in [0.25, 0.3) is 0 Å². The van der Waals surface area contributed by atoms with Crippen molar-refractivity contribution in [2.75, 3.05) is 38.2 Å². The molecule has 0 aliphatic carbocycles. The normalized spacial score (nSPS) is 23.1. The summed E-state index contributed by atoms with van der Waals surface area (Å²) in [5.74, 6) is 0.187. The number of piperazine rings is 1. The zero-order valence-corrected chi connectivity index (χ0v) is 14.4. The van der Waals surface area contributed by atoms with E-state index in [9.17, 15) is 9.59 Å². The first-order chi connectivity index (χ1) is 11.4. The molecule has 0 N–H and O–H groups in total. The Kier molecular flexibility index (Phi) is 4.39. The van der Waals surface area contributed by atoms with Crippen molar-refractivity contribution in [1.29, 1.82) is 0 Å². The highest BCUT2D eigenvalue weighted by atomic mass is 16.6. The number of nitrogens with zero attached hydrogens (tertiary/aromatic N) is 2. The maximum atomic E-state index is 12.8. The van der Waals surface area contributed by atoms with E-state index >= 15 is 0 Å². The van der Waals surface area contributed by atoms with Crippen LogP contribution in [-0.4, -0.2) is 55.7 Å². The van der Waals surface area contributed by atoms with E-state index in [1.54, 1.807) is 7.11 Å². The van der Waals surface area contributed by atoms with Crippen LogP contribution in [0.25, 0.3) is 0 Å². The monoisotopic (exact) mass is 332 g/mol. The number of cyclic esters (lactones) is 1. The summed E-state index contributed by atoms with van der Waals surface area (Å²) in [6, 6.07) is 7.94. The summed E-state index contributed by atoms with van der Waals surface area (Å²) in [7, 11) is 1.66. The Morgan fingerprint density at radius 2 is 1.96 bits per heavy atom. The van der Waals surface area contributed by atoms with Crippen LogP contribution >= 0.6 is 0 Å². The summed E-state index contributed by atoms with van der Waals surface area (Å²) >= 11 is 0. The highest BCUT2D eigenvalue weighted by Crippen LogP contribution is 2.34. The zero-order valence-electron chi connectivity index (χ0n) is 14.4. The minimum Gasteiger partial charge on any atom is -0.497 e. The van der Waals surface area contributed by atoms with Gasteiger partial charge in [-0.3, -0.25) is 9.59 Å². The lowest BCUT2D eigenvalue weighted by atomic mass is 9.89. The van der Waals surface area contributed by atoms with Crippen LogP contribution in [-0.2, 0) is 14.3 Å². The molecule has 2 heterocycles. The lowest BCUT2D eigenvalue weighted by Gasteiger charge is -2.38. The third kappa shape index (κ3) is 3.18. The summed E-state index contributed by atoms with van der Waals surface area (Å²) in [6.07, 6.45) is 0.182. The largest absolute Gasteiger partial charge is 0.497 e. The molecule has 130 valence electrons. The van der Waals surface area contributed by atoms with Gasteiger partial charge in [0.15, 0.2) is 0 Å². The van der Waals surface area contributed by atoms with Gasteiger partial charge in [-0.2, -0.15) is 0 Å². The molecule has 2 saturated heterocycles. The number of hydrogen-bond donors (Lipinski definition) is 0. The summed E-state index contributed by atoms with van der Waals surface area (Å²) in [5, 5.41) is 0. The van der Waals surface area contributed by atoms with Gasteiger partial charge in [-0.15, -0.1) is 0 Å². The molecule has 0 saturated carbocycles. The number of anilines is 1. The molecule has 0 unspecified atom stereocenters. The predicted molar refractivity (Wildman–Crippen MR) is 90.1 cm³/mol. The topological polar surface area (TPSA) is 59.1 Å². The first-order valence-electron chi connectivity index (χ1n) is 8.30. The predicted octanol–water partition coefficient (Wildman–Crippen LogP) is 1.69. The van der Waals surface area contributed by atoms with E-state index in [1.807, 2.05) is 43.0 Å². The lowest BCUT2D eigenvalue weighted by molar-refractivity contribution is -0.148. The average molecular weight is 332 g/mol. The van der Waals surface area contributed by atoms with Gasteiger partial charge in [0.2, 0.25) is 5.91 Å². The molecule has 1 atom stereocenters. The highest BCUT2D eigenvalue weighted by molar-refractivity contribution is 5.87. The van der Waals surface area contributed by atoms with Gasteiger partial charge in [-0.25, -0.2) is 0 Å². The molecule has 1 aromatic carbocycles. The second kappa shape index (κ2) is 6.34. The van der Waals surface area contributed by atoms with Crippen molar-refractivity contribution in [3.63, 3.8) is 0 Å². The first-order valence-corrected chi connectivity index (χ1v) is 8.30. The number of amides is 1. The molecule has 6 nitrogen and oxygen atoms in total. The molecule has 0 aromatic heterocycles. The van der Waals surface area contributed by atoms with Crippen LogP contribution in [0.3, 0.4) is 0 Å². The molecule has 2 aliphatic rings. The van der Waals surface area contributed by atoms with Crippen LogP contribution in [0.2, 0.25) is 0 Å². The Labute approximate surface area is 142 Å². The SMILES string of the molecule is COc1cccc(N2CCN(C(=O)[C@H]3CC(=O)OC3(C)C)CC2)c1. The number of carbonyl (C=O) groups excluding carboxylic acids is 2. The smallest absolute Gasteiger partial charge is 0.307 e. The second-order valence-electron chi connectivity index (χ2n) is 6.85. The van der Waals surface area contributed by atoms with E-state index in [4.69, 9.17) is 9.47 Å². The number of methoxy groups -OCH3 is 1. The maximum Gasteiger partial charge on any atom is 0.307 e. The molecule has 1 aromatic rings. The van der Waals surface area contributed by atoms with Crippen LogP contribution in [0.15, 0.2) is 24.3 Å². The van der Waals surface area contributed by atoms with E-state index in [1.165, 1.54) is 0 Å². The van der Waals surface area contributed by atoms with Gasteiger partial charge >= 0.3 is 5.97 Å². The molecular formula is C18H24N2O4. The molecule has 3 rings (SSSR count). The van der Waals surface area contributed by atoms with Crippen LogP contribution in [0, 0.1) is 5.92 Å². The van der Waals surface area contributed by atoms with Crippen molar-refractivity contribution in [3.05, 3.63) is 24.3 Å². The summed E-state index contributed by atoms with van der Waals surface area (Å²) in [5.41, 5.74) is 0.388. The Balaban J connectivity index is 1.62. The number of carbonyl (C=O) groups is 2. The van der Waals surface area contributed by atoms with Crippen molar-refractivity contribution >= 4 is 17.6 Å². The van der Waals surface area contributed by atoms with Crippen LogP contribution in [0.1, 0.15) is 20.3 Å². The fourth-order valence-electron chi connectivity index (χ4n) is 3.42. The van der Waals surface area contributed by atoms with Crippen molar-refractivity contribution in [2.45, 2.75) is 25.9 Å². The van der Waals surface area contributed by atoms with Crippen molar-refractivity contribution in [3.8, 4) is 5.75 Å². The Hall–Kier alpha value is -2.24. The first kappa shape index (κ1) is 16.6. The minimum atomic E-state index is -0.710. The van der Waals surface area contributed by atoms with Gasteiger partial charge in [-0.05, 0) is 26.0 Å². The highest BCUT2D eigenvalue weighted by Gasteiger charge is 2.47. The molecular weight excluding hydrogens is 308 g/mol. The number of ether oxygens (including phenoxy) is 2. The molecule has 24 heavy (non-hydrogen) atoms. The van der Waals surface area contributed by atoms with E-state index in [2.05, 4.69) is 4.90 Å². The third-order valence-corrected chi connectivity index (χ3v) is 4.89. The van der Waals surface area contributed by atoms with E-state index in [0.29, 0.717) is 13.1 Å². The standard InChI is InChI=1S/C18H24N2O4/c1-18(2)15(12-16(21)24-18)17(22)20-9-7-19(8-10-20)13-5-4-6-14(11-13)23-3/h4-6,11,15H,7-10,12H2,1-3H3/t15-/m1/s1. The zero-order chi connectivity index (χ0) is 17.3. The molecule has 0 radical (unpaired) electrons. The van der Waals surface area contributed by atoms with Crippen molar-refractivity contribution in [2.24, 2.45) is 5.92 Å². The number of benzene rings is 1. The molecule has 0 bridgehead atoms. The van der Waals surface area contributed by atoms with Crippen LogP contribution < -0.4 is 9.64 Å². The second-order valence-corrected chi connectivity index (χ2v) is 6.85. The summed E-state index contributed by atoms with van der Waals surface area (Å²) in [6.45, 7) is 6.45. The van der Waals surface area contributed by atoms with Crippen molar-refractivity contribution in [1.82, 2.24) is 4.90 Å². The number of esters is 1. The molecule has 1 amide bonds. The van der Waals surface area contributed by atoms with Crippen LogP contribution in [0.5, 0.6) is 5.75 Å². The van der Waals surface area contributed by atoms with Gasteiger partial charge in [-0.1, -0.05) is 6.07 Å². The number of rotatable bonds is 3. The summed E-state index contributed by atoms with van der Waals surface area (Å²) in [4.78, 5) is 28.4. The van der Waals surface area contributed by atoms with Crippen LogP contribution in [0.4, 0.5) is 5.69 Å². The molecule has 6 heteroatoms. The van der Waals surface area contributed by atoms with E-state index in [-0.39, 0.29) is 24.2 Å². The fraction of sp³-hybridized carbons (Fsp3) is 0.556. The van der Waals surface area contributed by atoms with E-state index < -0.39 is 5.60 Å². The van der Waals surface area contributed by atoms with E-state index in [0.717, 1.165) is 24.5 Å². The fourth-order valence-corrected chi connectivity index (χ4v) is 3.42. The van der Waals surface area contributed by atoms with Gasteiger partial charge in [0.05, 0.1) is 19.4 Å².